The molecule has 268 valence electrons. The third-order valence-corrected chi connectivity index (χ3v) is 9.17. The van der Waals surface area contributed by atoms with E-state index in [1.54, 1.807) is 27.0 Å². The Morgan fingerprint density at radius 2 is 1.76 bits per heavy atom. The number of rotatable bonds is 8. The van der Waals surface area contributed by atoms with Crippen molar-refractivity contribution in [1.29, 1.82) is 5.26 Å². The second-order valence-corrected chi connectivity index (χ2v) is 14.2. The van der Waals surface area contributed by atoms with Crippen LogP contribution in [0.1, 0.15) is 25.0 Å². The van der Waals surface area contributed by atoms with Crippen LogP contribution >= 0.6 is 15.9 Å². The number of hydrogen-bond acceptors (Lipinski definition) is 9. The number of sulfone groups is 1. The van der Waals surface area contributed by atoms with E-state index >= 15 is 0 Å². The topological polar surface area (TPSA) is 186 Å². The van der Waals surface area contributed by atoms with Crippen molar-refractivity contribution in [3.63, 3.8) is 0 Å². The van der Waals surface area contributed by atoms with E-state index in [2.05, 4.69) is 32.6 Å². The molecule has 0 saturated heterocycles. The van der Waals surface area contributed by atoms with Crippen molar-refractivity contribution < 1.29 is 50.6 Å². The summed E-state index contributed by atoms with van der Waals surface area (Å²) in [7, 11) is -0.638. The number of carbonyl (C=O) groups is 4. The number of likely N-dealkylation sites (N-methyl/N-ethyl adjacent to an activating group) is 1. The van der Waals surface area contributed by atoms with Crippen molar-refractivity contribution in [2.45, 2.75) is 44.7 Å². The summed E-state index contributed by atoms with van der Waals surface area (Å²) in [4.78, 5) is 52.7. The molecule has 0 saturated carbocycles. The lowest BCUT2D eigenvalue weighted by molar-refractivity contribution is -0.192. The molecule has 50 heavy (non-hydrogen) atoms. The number of aliphatic carboxylic acids is 1. The standard InChI is InChI=1S/C30H32BrN5O6S.C2HF3O2/c1-17(33-3)29(38)34-28-18(2)36(27(37)16-43(5,40)41)24-11-9-19(14-32)13-25(24)35(30(28)39)15-22-20-7-6-8-23(31)21(20)10-12-26(22)42-4;3-2(4,5)1(6)7/h6-13,17-18,28,33H,15-16H2,1-5H3,(H,34,38);(H,6,7)/t17?,18-,28-;/m0./s1. The molecule has 1 heterocycles. The maximum Gasteiger partial charge on any atom is 0.490 e. The SMILES string of the molecule is CNC(C)C(=O)N[C@@H]1C(=O)N(Cc2c(OC)ccc3c(Br)cccc23)c2cc(C#N)ccc2N(C(=O)CS(C)(=O)=O)[C@H]1C.O=C(O)C(F)(F)F. The number of anilines is 2. The molecule has 0 spiro atoms. The van der Waals surface area contributed by atoms with Gasteiger partial charge in [-0.15, -0.1) is 0 Å². The smallest absolute Gasteiger partial charge is 0.490 e. The van der Waals surface area contributed by atoms with E-state index in [0.717, 1.165) is 21.5 Å². The summed E-state index contributed by atoms with van der Waals surface area (Å²) in [6, 6.07) is 13.0. The Hall–Kier alpha value is -4.73. The second-order valence-electron chi connectivity index (χ2n) is 11.2. The number of nitriles is 1. The number of nitrogens with one attached hydrogen (secondary N) is 2. The molecule has 0 aliphatic carbocycles. The lowest BCUT2D eigenvalue weighted by Gasteiger charge is -2.32. The molecule has 3 atom stereocenters. The molecular weight excluding hydrogens is 751 g/mol. The lowest BCUT2D eigenvalue weighted by atomic mass is 10.0. The van der Waals surface area contributed by atoms with Crippen molar-refractivity contribution in [3.05, 3.63) is 64.1 Å². The van der Waals surface area contributed by atoms with Crippen molar-refractivity contribution in [2.24, 2.45) is 0 Å². The number of hydrogen-bond donors (Lipinski definition) is 3. The van der Waals surface area contributed by atoms with Gasteiger partial charge in [0.25, 0.3) is 5.91 Å². The molecule has 0 fully saturated rings. The molecule has 18 heteroatoms. The van der Waals surface area contributed by atoms with Crippen molar-refractivity contribution in [2.75, 3.05) is 36.0 Å². The average Bonchev–Trinajstić information content (AvgIpc) is 3.12. The predicted molar refractivity (Wildman–Crippen MR) is 181 cm³/mol. The molecule has 1 unspecified atom stereocenters. The first kappa shape index (κ1) is 39.7. The molecule has 1 aliphatic heterocycles. The van der Waals surface area contributed by atoms with Gasteiger partial charge in [-0.1, -0.05) is 28.1 Å². The number of fused-ring (bicyclic) bond motifs is 2. The van der Waals surface area contributed by atoms with Crippen LogP contribution in [0.25, 0.3) is 10.8 Å². The summed E-state index contributed by atoms with van der Waals surface area (Å²) in [5.74, 6) is -4.88. The summed E-state index contributed by atoms with van der Waals surface area (Å²) in [5.41, 5.74) is 1.32. The monoisotopic (exact) mass is 783 g/mol. The maximum atomic E-state index is 14.5. The van der Waals surface area contributed by atoms with E-state index in [0.29, 0.717) is 11.3 Å². The molecule has 0 aromatic heterocycles. The highest BCUT2D eigenvalue weighted by Crippen LogP contribution is 2.40. The van der Waals surface area contributed by atoms with E-state index < -0.39 is 63.6 Å². The van der Waals surface area contributed by atoms with E-state index in [1.807, 2.05) is 24.3 Å². The molecule has 4 rings (SSSR count). The van der Waals surface area contributed by atoms with Gasteiger partial charge >= 0.3 is 12.1 Å². The Kier molecular flexibility index (Phi) is 12.6. The Morgan fingerprint density at radius 3 is 2.30 bits per heavy atom. The van der Waals surface area contributed by atoms with Crippen LogP contribution in [0, 0.1) is 11.3 Å². The van der Waals surface area contributed by atoms with Crippen LogP contribution in [0.15, 0.2) is 53.0 Å². The number of carboxylic acids is 1. The minimum Gasteiger partial charge on any atom is -0.496 e. The van der Waals surface area contributed by atoms with Crippen LogP contribution < -0.4 is 25.2 Å². The van der Waals surface area contributed by atoms with Gasteiger partial charge in [-0.05, 0) is 68.1 Å². The van der Waals surface area contributed by atoms with Gasteiger partial charge < -0.3 is 30.3 Å². The average molecular weight is 785 g/mol. The highest BCUT2D eigenvalue weighted by atomic mass is 79.9. The van der Waals surface area contributed by atoms with E-state index in [9.17, 15) is 41.2 Å². The van der Waals surface area contributed by atoms with Gasteiger partial charge in [0.1, 0.15) is 17.5 Å². The summed E-state index contributed by atoms with van der Waals surface area (Å²) < 4.78 is 62.7. The van der Waals surface area contributed by atoms with Gasteiger partial charge in [-0.2, -0.15) is 18.4 Å². The van der Waals surface area contributed by atoms with Gasteiger partial charge in [0.2, 0.25) is 11.8 Å². The van der Waals surface area contributed by atoms with Crippen LogP contribution in [0.2, 0.25) is 0 Å². The molecule has 3 N–H and O–H groups in total. The number of amides is 3. The Bertz CT molecular complexity index is 1970. The van der Waals surface area contributed by atoms with Crippen molar-refractivity contribution in [1.82, 2.24) is 10.6 Å². The van der Waals surface area contributed by atoms with Gasteiger partial charge in [0, 0.05) is 16.3 Å². The molecule has 0 radical (unpaired) electrons. The van der Waals surface area contributed by atoms with Crippen LogP contribution in [0.5, 0.6) is 5.75 Å². The zero-order valence-corrected chi connectivity index (χ0v) is 29.7. The zero-order valence-electron chi connectivity index (χ0n) is 27.3. The van der Waals surface area contributed by atoms with Crippen molar-refractivity contribution >= 4 is 71.6 Å². The second kappa shape index (κ2) is 15.9. The van der Waals surface area contributed by atoms with Crippen LogP contribution in [-0.4, -0.2) is 87.7 Å². The number of halogens is 4. The normalized spacial score (nSPS) is 16.7. The zero-order chi connectivity index (χ0) is 37.7. The number of ether oxygens (including phenoxy) is 1. The predicted octanol–water partition coefficient (Wildman–Crippen LogP) is 3.52. The Labute approximate surface area is 294 Å². The van der Waals surface area contributed by atoms with Crippen LogP contribution in [0.4, 0.5) is 24.5 Å². The summed E-state index contributed by atoms with van der Waals surface area (Å²) in [6.07, 6.45) is -4.14. The van der Waals surface area contributed by atoms with E-state index in [1.165, 1.54) is 35.1 Å². The maximum absolute atomic E-state index is 14.5. The first-order valence-electron chi connectivity index (χ1n) is 14.6. The number of benzene rings is 3. The van der Waals surface area contributed by atoms with Crippen LogP contribution in [-0.2, 0) is 35.6 Å². The van der Waals surface area contributed by atoms with Crippen LogP contribution in [0.3, 0.4) is 0 Å². The first-order valence-corrected chi connectivity index (χ1v) is 17.5. The molecule has 1 aliphatic rings. The van der Waals surface area contributed by atoms with E-state index in [-0.39, 0.29) is 23.5 Å². The summed E-state index contributed by atoms with van der Waals surface area (Å²) >= 11 is 3.58. The van der Waals surface area contributed by atoms with Gasteiger partial charge in [0.15, 0.2) is 9.84 Å². The number of alkyl halides is 3. The lowest BCUT2D eigenvalue weighted by Crippen LogP contribution is -2.60. The minimum atomic E-state index is -5.08. The van der Waals surface area contributed by atoms with Gasteiger partial charge in [-0.25, -0.2) is 13.2 Å². The molecular formula is C32H33BrF3N5O8S. The number of nitrogens with zero attached hydrogens (tertiary/aromatic N) is 3. The number of carboxylic acid groups (broad SMARTS) is 1. The Morgan fingerprint density at radius 1 is 1.12 bits per heavy atom. The van der Waals surface area contributed by atoms with E-state index in [4.69, 9.17) is 14.6 Å². The highest BCUT2D eigenvalue weighted by Gasteiger charge is 2.43. The quantitative estimate of drug-likeness (QED) is 0.305. The third-order valence-electron chi connectivity index (χ3n) is 7.71. The molecule has 3 amide bonds. The molecule has 3 aromatic carbocycles. The molecule has 13 nitrogen and oxygen atoms in total. The van der Waals surface area contributed by atoms with Gasteiger partial charge in [0.05, 0.1) is 48.7 Å². The highest BCUT2D eigenvalue weighted by molar-refractivity contribution is 9.10. The fourth-order valence-electron chi connectivity index (χ4n) is 5.16. The Balaban J connectivity index is 0.000000872. The van der Waals surface area contributed by atoms with Gasteiger partial charge in [-0.3, -0.25) is 14.4 Å². The molecule has 0 bridgehead atoms. The third kappa shape index (κ3) is 9.08. The molecule has 3 aromatic rings. The summed E-state index contributed by atoms with van der Waals surface area (Å²) in [6.45, 7) is 3.15. The van der Waals surface area contributed by atoms with Crippen molar-refractivity contribution in [3.8, 4) is 11.8 Å². The minimum absolute atomic E-state index is 0.0491. The first-order chi connectivity index (χ1) is 23.2. The number of carbonyl (C=O) groups excluding carboxylic acids is 3. The fourth-order valence-corrected chi connectivity index (χ4v) is 6.24. The largest absolute Gasteiger partial charge is 0.496 e. The fraction of sp³-hybridized carbons (Fsp3) is 0.344. The summed E-state index contributed by atoms with van der Waals surface area (Å²) in [5, 5.41) is 24.1. The number of methoxy groups -OCH3 is 1.